The van der Waals surface area contributed by atoms with Crippen molar-refractivity contribution in [1.82, 2.24) is 19.9 Å². The largest absolute Gasteiger partial charge is 0.248 e. The smallest absolute Gasteiger partial charge is 0.160 e. The number of hydrogen-bond acceptors (Lipinski definition) is 5. The van der Waals surface area contributed by atoms with E-state index in [-0.39, 0.29) is 0 Å². The molecule has 0 aliphatic carbocycles. The number of thiophene rings is 1. The van der Waals surface area contributed by atoms with E-state index in [0.29, 0.717) is 5.82 Å². The van der Waals surface area contributed by atoms with E-state index < -0.39 is 0 Å². The van der Waals surface area contributed by atoms with Crippen molar-refractivity contribution < 1.29 is 0 Å². The lowest BCUT2D eigenvalue weighted by Crippen LogP contribution is -1.93. The molecule has 41 heavy (non-hydrogen) atoms. The number of benzene rings is 4. The van der Waals surface area contributed by atoms with E-state index in [1.165, 1.54) is 0 Å². The summed E-state index contributed by atoms with van der Waals surface area (Å²) in [4.78, 5) is 20.9. The summed E-state index contributed by atoms with van der Waals surface area (Å²) in [5, 5.41) is 2.18. The first-order chi connectivity index (χ1) is 20.3. The molecule has 0 spiro atoms. The van der Waals surface area contributed by atoms with Crippen molar-refractivity contribution in [3.63, 3.8) is 0 Å². The zero-order valence-corrected chi connectivity index (χ0v) is 22.7. The lowest BCUT2D eigenvalue weighted by Gasteiger charge is -2.08. The highest BCUT2D eigenvalue weighted by Crippen LogP contribution is 2.40. The molecule has 4 nitrogen and oxygen atoms in total. The second-order valence-electron chi connectivity index (χ2n) is 9.95. The first kappa shape index (κ1) is 23.6. The molecule has 8 aromatic rings. The Kier molecular flexibility index (Phi) is 5.61. The fraction of sp³-hybridized carbons (Fsp3) is 0. The summed E-state index contributed by atoms with van der Waals surface area (Å²) in [7, 11) is 0. The molecule has 0 saturated carbocycles. The molecule has 4 aromatic carbocycles. The van der Waals surface area contributed by atoms with Crippen LogP contribution in [0.2, 0.25) is 0 Å². The zero-order valence-electron chi connectivity index (χ0n) is 21.9. The third-order valence-corrected chi connectivity index (χ3v) is 8.47. The molecular formula is C36H22N4S. The van der Waals surface area contributed by atoms with Crippen LogP contribution in [0.3, 0.4) is 0 Å². The number of para-hydroxylation sites is 1. The van der Waals surface area contributed by atoms with Crippen LogP contribution in [0.5, 0.6) is 0 Å². The summed E-state index contributed by atoms with van der Waals surface area (Å²) < 4.78 is 1.04. The van der Waals surface area contributed by atoms with Crippen LogP contribution >= 0.6 is 11.3 Å². The van der Waals surface area contributed by atoms with Crippen molar-refractivity contribution >= 4 is 42.7 Å². The average Bonchev–Trinajstić information content (AvgIpc) is 3.43. The summed E-state index contributed by atoms with van der Waals surface area (Å²) in [6.45, 7) is 0. The van der Waals surface area contributed by atoms with Gasteiger partial charge in [0, 0.05) is 39.2 Å². The molecule has 4 aromatic heterocycles. The van der Waals surface area contributed by atoms with Crippen molar-refractivity contribution in [3.8, 4) is 45.0 Å². The standard InChI is InChI=1S/C36H22N4S/c1-3-9-23(10-4-1)28-21-29-33-34(41-36(29)37-22-28)32(39-35(40-33)27-12-5-2-6-13-27)26-17-15-25(16-18-26)31-20-19-24-11-7-8-14-30(24)38-31/h1-22H. The lowest BCUT2D eigenvalue weighted by molar-refractivity contribution is 1.24. The molecule has 0 radical (unpaired) electrons. The van der Waals surface area contributed by atoms with E-state index in [4.69, 9.17) is 19.9 Å². The van der Waals surface area contributed by atoms with E-state index in [1.54, 1.807) is 11.3 Å². The van der Waals surface area contributed by atoms with E-state index in [2.05, 4.69) is 91.0 Å². The number of fused-ring (bicyclic) bond motifs is 4. The van der Waals surface area contributed by atoms with Gasteiger partial charge >= 0.3 is 0 Å². The van der Waals surface area contributed by atoms with E-state index in [0.717, 1.165) is 70.5 Å². The van der Waals surface area contributed by atoms with Crippen LogP contribution in [0.25, 0.3) is 76.4 Å². The van der Waals surface area contributed by atoms with Crippen LogP contribution < -0.4 is 0 Å². The van der Waals surface area contributed by atoms with Gasteiger partial charge < -0.3 is 0 Å². The van der Waals surface area contributed by atoms with Gasteiger partial charge in [0.1, 0.15) is 4.83 Å². The minimum atomic E-state index is 0.707. The second kappa shape index (κ2) is 9.73. The average molecular weight is 543 g/mol. The van der Waals surface area contributed by atoms with Gasteiger partial charge in [0.05, 0.1) is 27.1 Å². The Hall–Kier alpha value is -5.26. The summed E-state index contributed by atoms with van der Waals surface area (Å²) in [5.41, 5.74) is 9.09. The van der Waals surface area contributed by atoms with Gasteiger partial charge in [-0.1, -0.05) is 109 Å². The highest BCUT2D eigenvalue weighted by molar-refractivity contribution is 7.25. The lowest BCUT2D eigenvalue weighted by atomic mass is 10.0. The van der Waals surface area contributed by atoms with Gasteiger partial charge in [-0.05, 0) is 23.8 Å². The van der Waals surface area contributed by atoms with E-state index in [9.17, 15) is 0 Å². The SMILES string of the molecule is c1ccc(-c2cnc3sc4c(-c5ccc(-c6ccc7ccccc7n6)cc5)nc(-c5ccccc5)nc4c3c2)cc1. The van der Waals surface area contributed by atoms with Crippen molar-refractivity contribution in [2.24, 2.45) is 0 Å². The highest BCUT2D eigenvalue weighted by Gasteiger charge is 2.18. The molecule has 0 fully saturated rings. The number of hydrogen-bond donors (Lipinski definition) is 0. The second-order valence-corrected chi connectivity index (χ2v) is 10.9. The molecule has 192 valence electrons. The van der Waals surface area contributed by atoms with Gasteiger partial charge in [-0.25, -0.2) is 19.9 Å². The molecule has 5 heteroatoms. The number of rotatable bonds is 4. The Morgan fingerprint density at radius 1 is 0.512 bits per heavy atom. The number of pyridine rings is 2. The fourth-order valence-corrected chi connectivity index (χ4v) is 6.33. The van der Waals surface area contributed by atoms with Crippen LogP contribution in [-0.4, -0.2) is 19.9 Å². The molecule has 0 aliphatic heterocycles. The molecule has 0 unspecified atom stereocenters. The fourth-order valence-electron chi connectivity index (χ4n) is 5.26. The van der Waals surface area contributed by atoms with Crippen molar-refractivity contribution in [2.75, 3.05) is 0 Å². The Morgan fingerprint density at radius 2 is 1.22 bits per heavy atom. The first-order valence-electron chi connectivity index (χ1n) is 13.5. The zero-order chi connectivity index (χ0) is 27.2. The Morgan fingerprint density at radius 3 is 2.02 bits per heavy atom. The number of aromatic nitrogens is 4. The topological polar surface area (TPSA) is 51.6 Å². The Labute approximate surface area is 240 Å². The highest BCUT2D eigenvalue weighted by atomic mass is 32.1. The van der Waals surface area contributed by atoms with Gasteiger partial charge in [-0.2, -0.15) is 0 Å². The van der Waals surface area contributed by atoms with Gasteiger partial charge in [-0.15, -0.1) is 11.3 Å². The molecule has 0 saturated heterocycles. The maximum absolute atomic E-state index is 5.12. The van der Waals surface area contributed by atoms with Crippen LogP contribution in [0.4, 0.5) is 0 Å². The molecule has 0 aliphatic rings. The van der Waals surface area contributed by atoms with Gasteiger partial charge in [-0.3, -0.25) is 0 Å². The molecule has 0 atom stereocenters. The minimum Gasteiger partial charge on any atom is -0.248 e. The summed E-state index contributed by atoms with van der Waals surface area (Å²) >= 11 is 1.64. The predicted octanol–water partition coefficient (Wildman–Crippen LogP) is 9.46. The first-order valence-corrected chi connectivity index (χ1v) is 14.3. The van der Waals surface area contributed by atoms with Crippen LogP contribution in [0, 0.1) is 0 Å². The van der Waals surface area contributed by atoms with E-state index >= 15 is 0 Å². The summed E-state index contributed by atoms with van der Waals surface area (Å²) in [6, 6.07) is 43.7. The van der Waals surface area contributed by atoms with Gasteiger partial charge in [0.25, 0.3) is 0 Å². The molecule has 0 N–H and O–H groups in total. The third kappa shape index (κ3) is 4.24. The molecule has 0 bridgehead atoms. The van der Waals surface area contributed by atoms with Gasteiger partial charge in [0.15, 0.2) is 5.82 Å². The third-order valence-electron chi connectivity index (χ3n) is 7.36. The molecule has 8 rings (SSSR count). The van der Waals surface area contributed by atoms with Crippen molar-refractivity contribution in [1.29, 1.82) is 0 Å². The monoisotopic (exact) mass is 542 g/mol. The number of nitrogens with zero attached hydrogens (tertiary/aromatic N) is 4. The van der Waals surface area contributed by atoms with Crippen LogP contribution in [-0.2, 0) is 0 Å². The molecule has 4 heterocycles. The summed E-state index contributed by atoms with van der Waals surface area (Å²) in [5.74, 6) is 0.707. The van der Waals surface area contributed by atoms with E-state index in [1.807, 2.05) is 42.6 Å². The van der Waals surface area contributed by atoms with Crippen molar-refractivity contribution in [3.05, 3.63) is 134 Å². The Bertz CT molecular complexity index is 2190. The molecule has 0 amide bonds. The molecular weight excluding hydrogens is 520 g/mol. The van der Waals surface area contributed by atoms with Gasteiger partial charge in [0.2, 0.25) is 0 Å². The quantitative estimate of drug-likeness (QED) is 0.222. The van der Waals surface area contributed by atoms with Crippen LogP contribution in [0.1, 0.15) is 0 Å². The maximum atomic E-state index is 5.12. The summed E-state index contributed by atoms with van der Waals surface area (Å²) in [6.07, 6.45) is 1.95. The predicted molar refractivity (Wildman–Crippen MR) is 170 cm³/mol. The minimum absolute atomic E-state index is 0.707. The maximum Gasteiger partial charge on any atom is 0.160 e. The van der Waals surface area contributed by atoms with Crippen molar-refractivity contribution in [2.45, 2.75) is 0 Å². The normalized spacial score (nSPS) is 11.4. The van der Waals surface area contributed by atoms with Crippen LogP contribution in [0.15, 0.2) is 134 Å². The Balaban J connectivity index is 1.30.